The van der Waals surface area contributed by atoms with Gasteiger partial charge in [-0.25, -0.2) is 13.9 Å². The van der Waals surface area contributed by atoms with E-state index in [9.17, 15) is 4.79 Å². The summed E-state index contributed by atoms with van der Waals surface area (Å²) in [6.07, 6.45) is 0.776. The summed E-state index contributed by atoms with van der Waals surface area (Å²) in [5.74, 6) is -0.642. The van der Waals surface area contributed by atoms with Crippen LogP contribution >= 0.6 is 0 Å². The van der Waals surface area contributed by atoms with Gasteiger partial charge in [-0.3, -0.25) is 4.90 Å². The van der Waals surface area contributed by atoms with Gasteiger partial charge in [0.1, 0.15) is 23.7 Å². The SMILES string of the molecule is CCN(CC)Cc1ccc(-c2nn3c(c2C(=O)OCc2ccccc2)OCCC3)c(F)c1. The van der Waals surface area contributed by atoms with E-state index in [1.54, 1.807) is 10.7 Å². The topological polar surface area (TPSA) is 56.6 Å². The lowest BCUT2D eigenvalue weighted by Crippen LogP contribution is -2.22. The molecular weight excluding hydrogens is 409 g/mol. The second-order valence-electron chi connectivity index (χ2n) is 7.79. The third kappa shape index (κ3) is 4.67. The Morgan fingerprint density at radius 2 is 1.94 bits per heavy atom. The maximum atomic E-state index is 15.2. The Morgan fingerprint density at radius 3 is 2.66 bits per heavy atom. The fourth-order valence-corrected chi connectivity index (χ4v) is 3.85. The lowest BCUT2D eigenvalue weighted by Gasteiger charge is -2.18. The highest BCUT2D eigenvalue weighted by molar-refractivity contribution is 5.99. The standard InChI is InChI=1S/C25H28FN3O3/c1-3-28(4-2)16-19-11-12-20(21(26)15-19)23-22(24-29(27-23)13-8-14-31-24)25(30)32-17-18-9-6-5-7-10-18/h5-7,9-12,15H,3-4,8,13-14,16-17H2,1-2H3. The lowest BCUT2D eigenvalue weighted by atomic mass is 10.0. The first-order valence-electron chi connectivity index (χ1n) is 11.1. The summed E-state index contributed by atoms with van der Waals surface area (Å²) in [5.41, 5.74) is 2.45. The first-order chi connectivity index (χ1) is 15.6. The number of esters is 1. The average Bonchev–Trinajstić information content (AvgIpc) is 3.21. The van der Waals surface area contributed by atoms with Gasteiger partial charge in [0.05, 0.1) is 6.61 Å². The van der Waals surface area contributed by atoms with Crippen molar-refractivity contribution in [2.24, 2.45) is 0 Å². The minimum Gasteiger partial charge on any atom is -0.477 e. The highest BCUT2D eigenvalue weighted by Crippen LogP contribution is 2.35. The predicted octanol–water partition coefficient (Wildman–Crippen LogP) is 4.67. The molecule has 0 atom stereocenters. The zero-order valence-corrected chi connectivity index (χ0v) is 18.5. The van der Waals surface area contributed by atoms with E-state index in [2.05, 4.69) is 23.8 Å². The fraction of sp³-hybridized carbons (Fsp3) is 0.360. The van der Waals surface area contributed by atoms with Crippen molar-refractivity contribution in [3.05, 3.63) is 71.0 Å². The minimum atomic E-state index is -0.571. The number of benzene rings is 2. The van der Waals surface area contributed by atoms with Crippen LogP contribution in [0.5, 0.6) is 5.88 Å². The van der Waals surface area contributed by atoms with Crippen molar-refractivity contribution in [2.75, 3.05) is 19.7 Å². The zero-order chi connectivity index (χ0) is 22.5. The molecule has 4 rings (SSSR count). The van der Waals surface area contributed by atoms with Crippen molar-refractivity contribution >= 4 is 5.97 Å². The number of fused-ring (bicyclic) bond motifs is 1. The number of aromatic nitrogens is 2. The normalized spacial score (nSPS) is 13.0. The number of carbonyl (C=O) groups is 1. The van der Waals surface area contributed by atoms with E-state index in [1.807, 2.05) is 36.4 Å². The van der Waals surface area contributed by atoms with Crippen molar-refractivity contribution in [1.82, 2.24) is 14.7 Å². The summed E-state index contributed by atoms with van der Waals surface area (Å²) >= 11 is 0. The third-order valence-electron chi connectivity index (χ3n) is 5.66. The molecule has 0 saturated heterocycles. The molecule has 0 amide bonds. The molecule has 0 aliphatic carbocycles. The van der Waals surface area contributed by atoms with Crippen LogP contribution in [0, 0.1) is 5.82 Å². The summed E-state index contributed by atoms with van der Waals surface area (Å²) in [5, 5.41) is 4.52. The van der Waals surface area contributed by atoms with Gasteiger partial charge < -0.3 is 9.47 Å². The molecule has 6 nitrogen and oxygen atoms in total. The summed E-state index contributed by atoms with van der Waals surface area (Å²) < 4.78 is 28.1. The Kier molecular flexibility index (Phi) is 6.85. The van der Waals surface area contributed by atoms with Gasteiger partial charge in [-0.15, -0.1) is 0 Å². The van der Waals surface area contributed by atoms with E-state index in [0.29, 0.717) is 25.6 Å². The van der Waals surface area contributed by atoms with Gasteiger partial charge in [-0.2, -0.15) is 5.10 Å². The van der Waals surface area contributed by atoms with E-state index >= 15 is 4.39 Å². The average molecular weight is 438 g/mol. The molecule has 2 heterocycles. The molecule has 0 bridgehead atoms. The molecule has 0 unspecified atom stereocenters. The number of rotatable bonds is 8. The summed E-state index contributed by atoms with van der Waals surface area (Å²) in [4.78, 5) is 15.3. The van der Waals surface area contributed by atoms with Crippen LogP contribution < -0.4 is 4.74 Å². The van der Waals surface area contributed by atoms with Crippen LogP contribution in [-0.2, 0) is 24.4 Å². The molecule has 1 aliphatic heterocycles. The van der Waals surface area contributed by atoms with E-state index in [1.165, 1.54) is 6.07 Å². The van der Waals surface area contributed by atoms with Crippen molar-refractivity contribution in [2.45, 2.75) is 40.0 Å². The molecule has 3 aromatic rings. The van der Waals surface area contributed by atoms with Crippen LogP contribution in [0.15, 0.2) is 48.5 Å². The van der Waals surface area contributed by atoms with Crippen molar-refractivity contribution in [3.8, 4) is 17.1 Å². The van der Waals surface area contributed by atoms with Crippen molar-refractivity contribution in [1.29, 1.82) is 0 Å². The van der Waals surface area contributed by atoms with E-state index in [0.717, 1.165) is 30.6 Å². The number of nitrogens with zero attached hydrogens (tertiary/aromatic N) is 3. The van der Waals surface area contributed by atoms with Gasteiger partial charge in [0, 0.05) is 25.1 Å². The summed E-state index contributed by atoms with van der Waals surface area (Å²) in [7, 11) is 0. The Hall–Kier alpha value is -3.19. The maximum Gasteiger partial charge on any atom is 0.346 e. The Labute approximate surface area is 187 Å². The molecule has 0 N–H and O–H groups in total. The number of halogens is 1. The first-order valence-corrected chi connectivity index (χ1v) is 11.1. The molecular formula is C25H28FN3O3. The largest absolute Gasteiger partial charge is 0.477 e. The van der Waals surface area contributed by atoms with Gasteiger partial charge in [0.2, 0.25) is 5.88 Å². The minimum absolute atomic E-state index is 0.120. The molecule has 0 fully saturated rings. The van der Waals surface area contributed by atoms with E-state index < -0.39 is 11.8 Å². The van der Waals surface area contributed by atoms with Crippen molar-refractivity contribution < 1.29 is 18.7 Å². The van der Waals surface area contributed by atoms with E-state index in [-0.39, 0.29) is 23.4 Å². The lowest BCUT2D eigenvalue weighted by molar-refractivity contribution is 0.0466. The number of hydrogen-bond acceptors (Lipinski definition) is 5. The Bertz CT molecular complexity index is 1080. The quantitative estimate of drug-likeness (QED) is 0.480. The second-order valence-corrected chi connectivity index (χ2v) is 7.79. The first kappa shape index (κ1) is 22.0. The molecule has 0 radical (unpaired) electrons. The highest BCUT2D eigenvalue weighted by Gasteiger charge is 2.30. The Morgan fingerprint density at radius 1 is 1.16 bits per heavy atom. The van der Waals surface area contributed by atoms with Crippen LogP contribution in [0.25, 0.3) is 11.3 Å². The fourth-order valence-electron chi connectivity index (χ4n) is 3.85. The van der Waals surface area contributed by atoms with Crippen LogP contribution in [0.2, 0.25) is 0 Å². The molecule has 1 aromatic heterocycles. The van der Waals surface area contributed by atoms with Crippen LogP contribution in [0.3, 0.4) is 0 Å². The second kappa shape index (κ2) is 9.96. The smallest absolute Gasteiger partial charge is 0.346 e. The number of carbonyl (C=O) groups excluding carboxylic acids is 1. The third-order valence-corrected chi connectivity index (χ3v) is 5.66. The number of hydrogen-bond donors (Lipinski definition) is 0. The van der Waals surface area contributed by atoms with Gasteiger partial charge in [0.25, 0.3) is 0 Å². The summed E-state index contributed by atoms with van der Waals surface area (Å²) in [6, 6.07) is 14.5. The molecule has 0 spiro atoms. The van der Waals surface area contributed by atoms with Crippen LogP contribution in [0.1, 0.15) is 41.8 Å². The monoisotopic (exact) mass is 437 g/mol. The Balaban J connectivity index is 1.65. The van der Waals surface area contributed by atoms with Crippen molar-refractivity contribution in [3.63, 3.8) is 0 Å². The molecule has 32 heavy (non-hydrogen) atoms. The van der Waals surface area contributed by atoms with Gasteiger partial charge in [-0.1, -0.05) is 50.2 Å². The zero-order valence-electron chi connectivity index (χ0n) is 18.5. The van der Waals surface area contributed by atoms with Gasteiger partial charge in [0.15, 0.2) is 0 Å². The van der Waals surface area contributed by atoms with E-state index in [4.69, 9.17) is 9.47 Å². The number of ether oxygens (including phenoxy) is 2. The number of aryl methyl sites for hydroxylation is 1. The highest BCUT2D eigenvalue weighted by atomic mass is 19.1. The van der Waals surface area contributed by atoms with Gasteiger partial charge >= 0.3 is 5.97 Å². The molecule has 7 heteroatoms. The predicted molar refractivity (Wildman–Crippen MR) is 120 cm³/mol. The van der Waals surface area contributed by atoms with Gasteiger partial charge in [-0.05, 0) is 36.3 Å². The van der Waals surface area contributed by atoms with Crippen LogP contribution in [-0.4, -0.2) is 40.3 Å². The summed E-state index contributed by atoms with van der Waals surface area (Å²) in [6.45, 7) is 7.82. The molecule has 1 aliphatic rings. The molecule has 0 saturated carbocycles. The maximum absolute atomic E-state index is 15.2. The van der Waals surface area contributed by atoms with Crippen LogP contribution in [0.4, 0.5) is 4.39 Å². The molecule has 2 aromatic carbocycles. The molecule has 168 valence electrons.